The van der Waals surface area contributed by atoms with Crippen molar-refractivity contribution >= 4 is 24.5 Å². The Labute approximate surface area is 170 Å². The first-order chi connectivity index (χ1) is 13.2. The Morgan fingerprint density at radius 1 is 0.893 bits per heavy atom. The lowest BCUT2D eigenvalue weighted by atomic mass is 10.1. The molecular formula is C25H29O2P. The van der Waals surface area contributed by atoms with Crippen LogP contribution < -0.4 is 10.6 Å². The van der Waals surface area contributed by atoms with Gasteiger partial charge in [-0.05, 0) is 58.5 Å². The Morgan fingerprint density at radius 2 is 1.36 bits per heavy atom. The van der Waals surface area contributed by atoms with Crippen LogP contribution in [-0.4, -0.2) is 12.1 Å². The van der Waals surface area contributed by atoms with Gasteiger partial charge >= 0.3 is 5.97 Å². The fourth-order valence-corrected chi connectivity index (χ4v) is 7.10. The van der Waals surface area contributed by atoms with E-state index in [2.05, 4.69) is 82.3 Å². The van der Waals surface area contributed by atoms with Gasteiger partial charge < -0.3 is 4.74 Å². The van der Waals surface area contributed by atoms with Crippen LogP contribution in [0.25, 0.3) is 0 Å². The number of allylic oxidation sites excluding steroid dienone is 2. The lowest BCUT2D eigenvalue weighted by molar-refractivity contribution is -0.146. The molecule has 2 aromatic carbocycles. The van der Waals surface area contributed by atoms with Crippen molar-refractivity contribution in [3.63, 3.8) is 0 Å². The Kier molecular flexibility index (Phi) is 6.20. The van der Waals surface area contributed by atoms with Crippen molar-refractivity contribution in [1.29, 1.82) is 0 Å². The largest absolute Gasteiger partial charge is 0.462 e. The summed E-state index contributed by atoms with van der Waals surface area (Å²) in [6.45, 7) is 12.1. The van der Waals surface area contributed by atoms with Crippen molar-refractivity contribution in [3.05, 3.63) is 82.2 Å². The van der Waals surface area contributed by atoms with Gasteiger partial charge in [-0.25, -0.2) is 0 Å². The molecule has 1 aliphatic carbocycles. The van der Waals surface area contributed by atoms with Crippen molar-refractivity contribution in [2.45, 2.75) is 47.6 Å². The monoisotopic (exact) mass is 392 g/mol. The molecule has 28 heavy (non-hydrogen) atoms. The molecule has 3 heteroatoms. The predicted octanol–water partition coefficient (Wildman–Crippen LogP) is 5.37. The molecule has 3 rings (SSSR count). The second kappa shape index (κ2) is 8.45. The highest BCUT2D eigenvalue weighted by molar-refractivity contribution is 7.76. The van der Waals surface area contributed by atoms with E-state index in [9.17, 15) is 4.79 Å². The molecule has 0 amide bonds. The van der Waals surface area contributed by atoms with E-state index < -0.39 is 7.92 Å². The van der Waals surface area contributed by atoms with Gasteiger partial charge in [0.15, 0.2) is 0 Å². The minimum absolute atomic E-state index is 0.108. The maximum Gasteiger partial charge on any atom is 0.302 e. The first-order valence-electron chi connectivity index (χ1n) is 9.77. The van der Waals surface area contributed by atoms with Gasteiger partial charge in [0.05, 0.1) is 0 Å². The second-order valence-corrected chi connectivity index (χ2v) is 10.1. The van der Waals surface area contributed by atoms with E-state index in [0.717, 1.165) is 0 Å². The number of esters is 1. The molecule has 0 fully saturated rings. The molecule has 2 unspecified atom stereocenters. The zero-order chi connectivity index (χ0) is 20.4. The molecule has 0 radical (unpaired) electrons. The van der Waals surface area contributed by atoms with E-state index in [0.29, 0.717) is 0 Å². The van der Waals surface area contributed by atoms with Crippen molar-refractivity contribution in [1.82, 2.24) is 0 Å². The summed E-state index contributed by atoms with van der Waals surface area (Å²) in [7, 11) is -0.706. The van der Waals surface area contributed by atoms with Crippen LogP contribution in [0.5, 0.6) is 0 Å². The van der Waals surface area contributed by atoms with Crippen LogP contribution in [0.15, 0.2) is 59.9 Å². The van der Waals surface area contributed by atoms with Crippen molar-refractivity contribution in [2.75, 3.05) is 0 Å². The molecule has 1 aliphatic rings. The summed E-state index contributed by atoms with van der Waals surface area (Å²) in [6.07, 6.45) is 6.33. The Morgan fingerprint density at radius 3 is 1.79 bits per heavy atom. The van der Waals surface area contributed by atoms with Gasteiger partial charge in [-0.2, -0.15) is 0 Å². The van der Waals surface area contributed by atoms with Crippen LogP contribution in [0.1, 0.15) is 36.1 Å². The summed E-state index contributed by atoms with van der Waals surface area (Å²) in [4.78, 5) is 11.5. The van der Waals surface area contributed by atoms with Gasteiger partial charge in [0.25, 0.3) is 0 Å². The third-order valence-corrected chi connectivity index (χ3v) is 7.48. The molecule has 0 saturated heterocycles. The lowest BCUT2D eigenvalue weighted by Crippen LogP contribution is -2.25. The molecule has 0 bridgehead atoms. The number of carbonyl (C=O) groups excluding carboxylic acids is 1. The van der Waals surface area contributed by atoms with E-state index in [1.54, 1.807) is 0 Å². The molecule has 0 spiro atoms. The van der Waals surface area contributed by atoms with Gasteiger partial charge in [0.2, 0.25) is 0 Å². The number of rotatable bonds is 5. The first kappa shape index (κ1) is 20.6. The Hall–Kier alpha value is -2.18. The van der Waals surface area contributed by atoms with E-state index in [4.69, 9.17) is 4.74 Å². The number of benzene rings is 2. The highest BCUT2D eigenvalue weighted by Crippen LogP contribution is 2.50. The van der Waals surface area contributed by atoms with Crippen LogP contribution >= 0.6 is 7.92 Å². The van der Waals surface area contributed by atoms with E-state index in [1.165, 1.54) is 45.1 Å². The lowest BCUT2D eigenvalue weighted by Gasteiger charge is -2.29. The molecule has 0 N–H and O–H groups in total. The summed E-state index contributed by atoms with van der Waals surface area (Å²) in [5.74, 6) is -0.120. The average Bonchev–Trinajstić information content (AvgIpc) is 3.02. The zero-order valence-electron chi connectivity index (χ0n) is 17.6. The van der Waals surface area contributed by atoms with Crippen LogP contribution in [0, 0.1) is 33.6 Å². The molecule has 2 aromatic rings. The van der Waals surface area contributed by atoms with Crippen molar-refractivity contribution in [2.24, 2.45) is 5.92 Å². The number of carbonyl (C=O) groups is 1. The third kappa shape index (κ3) is 4.62. The number of ether oxygens (including phenoxy) is 1. The fraction of sp³-hybridized carbons (Fsp3) is 0.320. The molecule has 2 atom stereocenters. The number of hydrogen-bond acceptors (Lipinski definition) is 2. The number of hydrogen-bond donors (Lipinski definition) is 0. The van der Waals surface area contributed by atoms with Crippen molar-refractivity contribution < 1.29 is 9.53 Å². The highest BCUT2D eigenvalue weighted by atomic mass is 31.1. The Balaban J connectivity index is 2.12. The SMILES string of the molecule is CC(=O)OC(C)C1C=CC=C1P(c1cc(C)cc(C)c1)c1cc(C)cc(C)c1. The van der Waals surface area contributed by atoms with E-state index in [-0.39, 0.29) is 18.0 Å². The van der Waals surface area contributed by atoms with Gasteiger partial charge in [-0.3, -0.25) is 4.79 Å². The van der Waals surface area contributed by atoms with E-state index >= 15 is 0 Å². The summed E-state index contributed by atoms with van der Waals surface area (Å²) in [6, 6.07) is 13.7. The molecule has 146 valence electrons. The van der Waals surface area contributed by atoms with Crippen LogP contribution in [0.2, 0.25) is 0 Å². The molecule has 0 aliphatic heterocycles. The maximum atomic E-state index is 11.5. The summed E-state index contributed by atoms with van der Waals surface area (Å²) < 4.78 is 5.56. The molecule has 0 aromatic heterocycles. The fourth-order valence-electron chi connectivity index (χ4n) is 4.05. The third-order valence-electron chi connectivity index (χ3n) is 4.97. The van der Waals surface area contributed by atoms with Crippen molar-refractivity contribution in [3.8, 4) is 0 Å². The van der Waals surface area contributed by atoms with Crippen LogP contribution in [-0.2, 0) is 9.53 Å². The maximum absolute atomic E-state index is 11.5. The topological polar surface area (TPSA) is 26.3 Å². The van der Waals surface area contributed by atoms with Gasteiger partial charge in [-0.1, -0.05) is 76.9 Å². The molecule has 0 saturated carbocycles. The quantitative estimate of drug-likeness (QED) is 0.505. The smallest absolute Gasteiger partial charge is 0.302 e. The first-order valence-corrected chi connectivity index (χ1v) is 11.1. The minimum Gasteiger partial charge on any atom is -0.462 e. The summed E-state index contributed by atoms with van der Waals surface area (Å²) >= 11 is 0. The average molecular weight is 392 g/mol. The molecule has 2 nitrogen and oxygen atoms in total. The van der Waals surface area contributed by atoms with Crippen LogP contribution in [0.4, 0.5) is 0 Å². The summed E-state index contributed by atoms with van der Waals surface area (Å²) in [5.41, 5.74) is 5.12. The Bertz CT molecular complexity index is 863. The zero-order valence-corrected chi connectivity index (χ0v) is 18.5. The number of aryl methyl sites for hydroxylation is 4. The highest BCUT2D eigenvalue weighted by Gasteiger charge is 2.31. The molecule has 0 heterocycles. The minimum atomic E-state index is -0.706. The summed E-state index contributed by atoms with van der Waals surface area (Å²) in [5, 5.41) is 4.05. The standard InChI is InChI=1S/C25H29O2P/c1-16-10-17(2)13-22(12-16)28(23-14-18(3)11-19(4)15-23)25-9-7-8-24(25)20(5)27-21(6)26/h7-15,20,24H,1-6H3. The van der Waals surface area contributed by atoms with E-state index in [1.807, 2.05) is 6.92 Å². The van der Waals surface area contributed by atoms with Gasteiger partial charge in [0.1, 0.15) is 6.10 Å². The molecular weight excluding hydrogens is 363 g/mol. The van der Waals surface area contributed by atoms with Gasteiger partial charge in [-0.15, -0.1) is 0 Å². The second-order valence-electron chi connectivity index (χ2n) is 7.84. The normalized spacial score (nSPS) is 17.0. The van der Waals surface area contributed by atoms with Crippen LogP contribution in [0.3, 0.4) is 0 Å². The van der Waals surface area contributed by atoms with Gasteiger partial charge in [0, 0.05) is 12.8 Å². The predicted molar refractivity (Wildman–Crippen MR) is 120 cm³/mol.